The summed E-state index contributed by atoms with van der Waals surface area (Å²) in [6, 6.07) is 3.04. The van der Waals surface area contributed by atoms with Gasteiger partial charge >= 0.3 is 0 Å². The van der Waals surface area contributed by atoms with Gasteiger partial charge in [-0.15, -0.1) is 0 Å². The number of hydrogen-bond donors (Lipinski definition) is 1. The number of halogens is 2. The van der Waals surface area contributed by atoms with Crippen LogP contribution < -0.4 is 5.32 Å². The third-order valence-corrected chi connectivity index (χ3v) is 3.89. The molecule has 0 aliphatic heterocycles. The van der Waals surface area contributed by atoms with E-state index in [1.54, 1.807) is 0 Å². The van der Waals surface area contributed by atoms with Crippen molar-refractivity contribution in [3.63, 3.8) is 0 Å². The van der Waals surface area contributed by atoms with Crippen LogP contribution in [0, 0.1) is 11.6 Å². The second-order valence-electron chi connectivity index (χ2n) is 3.94. The fourth-order valence-electron chi connectivity index (χ4n) is 1.42. The second kappa shape index (κ2) is 6.81. The van der Waals surface area contributed by atoms with Crippen LogP contribution in [0.4, 0.5) is 8.78 Å². The molecule has 17 heavy (non-hydrogen) atoms. The van der Waals surface area contributed by atoms with E-state index < -0.39 is 22.4 Å². The summed E-state index contributed by atoms with van der Waals surface area (Å²) < 4.78 is 38.1. The first kappa shape index (κ1) is 14.3. The topological polar surface area (TPSA) is 29.1 Å². The van der Waals surface area contributed by atoms with Gasteiger partial charge in [0.25, 0.3) is 0 Å². The Kier molecular flexibility index (Phi) is 5.71. The zero-order valence-electron chi connectivity index (χ0n) is 10.0. The molecular formula is C12H17F2NOS. The molecule has 96 valence electrons. The highest BCUT2D eigenvalue weighted by Crippen LogP contribution is 2.14. The minimum atomic E-state index is -1.52. The Hall–Kier alpha value is -0.810. The molecule has 0 aliphatic carbocycles. The summed E-state index contributed by atoms with van der Waals surface area (Å²) in [5.74, 6) is -0.906. The molecule has 0 aromatic heterocycles. The normalized spacial score (nSPS) is 14.6. The Bertz CT molecular complexity index is 398. The van der Waals surface area contributed by atoms with Crippen molar-refractivity contribution in [1.29, 1.82) is 0 Å². The molecule has 0 fully saturated rings. The van der Waals surface area contributed by atoms with Crippen molar-refractivity contribution in [3.05, 3.63) is 29.8 Å². The van der Waals surface area contributed by atoms with E-state index in [2.05, 4.69) is 5.32 Å². The van der Waals surface area contributed by atoms with Crippen LogP contribution in [0.15, 0.2) is 23.1 Å². The van der Waals surface area contributed by atoms with Crippen molar-refractivity contribution in [2.45, 2.75) is 31.2 Å². The first-order valence-corrected chi connectivity index (χ1v) is 6.93. The lowest BCUT2D eigenvalue weighted by atomic mass is 10.3. The first-order chi connectivity index (χ1) is 8.04. The zero-order chi connectivity index (χ0) is 12.8. The number of hydrogen-bond acceptors (Lipinski definition) is 2. The molecule has 1 N–H and O–H groups in total. The molecule has 0 aliphatic rings. The molecule has 2 atom stereocenters. The van der Waals surface area contributed by atoms with Gasteiger partial charge in [-0.25, -0.2) is 8.78 Å². The van der Waals surface area contributed by atoms with Gasteiger partial charge in [-0.3, -0.25) is 4.21 Å². The van der Waals surface area contributed by atoms with E-state index in [0.717, 1.165) is 31.2 Å². The van der Waals surface area contributed by atoms with Crippen molar-refractivity contribution in [3.8, 4) is 0 Å². The standard InChI is InChI=1S/C12H17F2NOS/c1-3-6-15-9(2)8-17(16)12-7-10(13)4-5-11(12)14/h4-5,7,9,15H,3,6,8H2,1-2H3. The van der Waals surface area contributed by atoms with Gasteiger partial charge in [-0.1, -0.05) is 6.92 Å². The van der Waals surface area contributed by atoms with Gasteiger partial charge in [-0.2, -0.15) is 0 Å². The van der Waals surface area contributed by atoms with Crippen LogP contribution in [0.25, 0.3) is 0 Å². The molecule has 1 aromatic rings. The van der Waals surface area contributed by atoms with Gasteiger partial charge in [0.1, 0.15) is 11.6 Å². The molecule has 0 spiro atoms. The lowest BCUT2D eigenvalue weighted by molar-refractivity contribution is 0.564. The SMILES string of the molecule is CCCNC(C)CS(=O)c1cc(F)ccc1F. The van der Waals surface area contributed by atoms with E-state index in [1.165, 1.54) is 0 Å². The monoisotopic (exact) mass is 261 g/mol. The van der Waals surface area contributed by atoms with Gasteiger partial charge in [0, 0.05) is 11.8 Å². The Morgan fingerprint density at radius 3 is 2.76 bits per heavy atom. The maximum Gasteiger partial charge on any atom is 0.139 e. The summed E-state index contributed by atoms with van der Waals surface area (Å²) in [5, 5.41) is 3.16. The molecule has 1 rings (SSSR count). The van der Waals surface area contributed by atoms with Crippen LogP contribution in [0.5, 0.6) is 0 Å². The smallest absolute Gasteiger partial charge is 0.139 e. The van der Waals surface area contributed by atoms with Crippen molar-refractivity contribution in [2.75, 3.05) is 12.3 Å². The quantitative estimate of drug-likeness (QED) is 0.852. The molecule has 0 bridgehead atoms. The fraction of sp³-hybridized carbons (Fsp3) is 0.500. The maximum absolute atomic E-state index is 13.3. The van der Waals surface area contributed by atoms with Crippen LogP contribution >= 0.6 is 0 Å². The summed E-state index contributed by atoms with van der Waals surface area (Å²) in [6.45, 7) is 4.73. The van der Waals surface area contributed by atoms with Crippen molar-refractivity contribution in [1.82, 2.24) is 5.32 Å². The first-order valence-electron chi connectivity index (χ1n) is 5.61. The van der Waals surface area contributed by atoms with E-state index in [9.17, 15) is 13.0 Å². The molecular weight excluding hydrogens is 244 g/mol. The molecule has 2 unspecified atom stereocenters. The van der Waals surface area contributed by atoms with Crippen molar-refractivity contribution < 1.29 is 13.0 Å². The fourth-order valence-corrected chi connectivity index (χ4v) is 2.70. The van der Waals surface area contributed by atoms with Gasteiger partial charge in [0.2, 0.25) is 0 Å². The molecule has 0 heterocycles. The predicted molar refractivity (Wildman–Crippen MR) is 65.4 cm³/mol. The zero-order valence-corrected chi connectivity index (χ0v) is 10.8. The molecule has 1 aromatic carbocycles. The van der Waals surface area contributed by atoms with E-state index >= 15 is 0 Å². The van der Waals surface area contributed by atoms with Crippen LogP contribution in [-0.4, -0.2) is 22.5 Å². The largest absolute Gasteiger partial charge is 0.313 e. The maximum atomic E-state index is 13.3. The molecule has 0 saturated carbocycles. The third kappa shape index (κ3) is 4.52. The average Bonchev–Trinajstić information content (AvgIpc) is 2.29. The lowest BCUT2D eigenvalue weighted by Gasteiger charge is -2.12. The molecule has 0 saturated heterocycles. The average molecular weight is 261 g/mol. The van der Waals surface area contributed by atoms with E-state index in [-0.39, 0.29) is 16.7 Å². The third-order valence-electron chi connectivity index (χ3n) is 2.28. The number of benzene rings is 1. The van der Waals surface area contributed by atoms with Crippen LogP contribution in [0.3, 0.4) is 0 Å². The Labute approximate surface area is 103 Å². The molecule has 2 nitrogen and oxygen atoms in total. The highest BCUT2D eigenvalue weighted by Gasteiger charge is 2.14. The Morgan fingerprint density at radius 1 is 1.41 bits per heavy atom. The van der Waals surface area contributed by atoms with Crippen molar-refractivity contribution >= 4 is 10.8 Å². The second-order valence-corrected chi connectivity index (χ2v) is 5.41. The van der Waals surface area contributed by atoms with Crippen LogP contribution in [-0.2, 0) is 10.8 Å². The highest BCUT2D eigenvalue weighted by molar-refractivity contribution is 7.85. The van der Waals surface area contributed by atoms with Gasteiger partial charge in [-0.05, 0) is 38.1 Å². The number of nitrogens with one attached hydrogen (secondary N) is 1. The molecule has 5 heteroatoms. The lowest BCUT2D eigenvalue weighted by Crippen LogP contribution is -2.31. The number of rotatable bonds is 6. The minimum absolute atomic E-state index is 0.0125. The van der Waals surface area contributed by atoms with E-state index in [4.69, 9.17) is 0 Å². The van der Waals surface area contributed by atoms with E-state index in [0.29, 0.717) is 0 Å². The van der Waals surface area contributed by atoms with Gasteiger partial charge < -0.3 is 5.32 Å². The summed E-state index contributed by atoms with van der Waals surface area (Å²) in [4.78, 5) is -0.0600. The summed E-state index contributed by atoms with van der Waals surface area (Å²) in [7, 11) is -1.52. The highest BCUT2D eigenvalue weighted by atomic mass is 32.2. The Balaban J connectivity index is 2.66. The Morgan fingerprint density at radius 2 is 2.12 bits per heavy atom. The summed E-state index contributed by atoms with van der Waals surface area (Å²) in [6.07, 6.45) is 0.977. The summed E-state index contributed by atoms with van der Waals surface area (Å²) >= 11 is 0. The van der Waals surface area contributed by atoms with Gasteiger partial charge in [0.15, 0.2) is 0 Å². The minimum Gasteiger partial charge on any atom is -0.313 e. The van der Waals surface area contributed by atoms with Gasteiger partial charge in [0.05, 0.1) is 15.7 Å². The van der Waals surface area contributed by atoms with E-state index in [1.807, 2.05) is 13.8 Å². The van der Waals surface area contributed by atoms with Crippen LogP contribution in [0.1, 0.15) is 20.3 Å². The predicted octanol–water partition coefficient (Wildman–Crippen LogP) is 2.46. The van der Waals surface area contributed by atoms with Crippen LogP contribution in [0.2, 0.25) is 0 Å². The molecule has 0 amide bonds. The summed E-state index contributed by atoms with van der Waals surface area (Å²) in [5.41, 5.74) is 0. The molecule has 0 radical (unpaired) electrons. The van der Waals surface area contributed by atoms with Crippen molar-refractivity contribution in [2.24, 2.45) is 0 Å².